The van der Waals surface area contributed by atoms with Gasteiger partial charge in [-0.05, 0) is 42.5 Å². The van der Waals surface area contributed by atoms with E-state index in [2.05, 4.69) is 71.3 Å². The Morgan fingerprint density at radius 2 is 1.16 bits per heavy atom. The number of hydrogen-bond donors (Lipinski definition) is 0. The summed E-state index contributed by atoms with van der Waals surface area (Å²) in [5, 5.41) is 4.58. The van der Waals surface area contributed by atoms with Crippen molar-refractivity contribution in [2.24, 2.45) is 0 Å². The molecule has 0 aliphatic heterocycles. The highest BCUT2D eigenvalue weighted by atomic mass is 35.5. The molecular weight excluding hydrogens is 576 g/mol. The average molecular weight is 599 g/mol. The van der Waals surface area contributed by atoms with Gasteiger partial charge in [-0.1, -0.05) is 109 Å². The van der Waals surface area contributed by atoms with E-state index in [9.17, 15) is 0 Å². The Bertz CT molecular complexity index is 2550. The van der Waals surface area contributed by atoms with Gasteiger partial charge < -0.3 is 8.98 Å². The van der Waals surface area contributed by atoms with Gasteiger partial charge >= 0.3 is 0 Å². The third-order valence-electron chi connectivity index (χ3n) is 8.34. The summed E-state index contributed by atoms with van der Waals surface area (Å²) >= 11 is 6.99. The number of rotatable bonds is 4. The van der Waals surface area contributed by atoms with Crippen LogP contribution in [0, 0.1) is 0 Å². The van der Waals surface area contributed by atoms with Crippen molar-refractivity contribution in [2.45, 2.75) is 0 Å². The fraction of sp³-hybridized carbons (Fsp3) is 0. The minimum absolute atomic E-state index is 0.491. The van der Waals surface area contributed by atoms with Gasteiger partial charge in [-0.15, -0.1) is 0 Å². The van der Waals surface area contributed by atoms with Crippen LogP contribution in [0.2, 0.25) is 5.02 Å². The Morgan fingerprint density at radius 3 is 2.00 bits per heavy atom. The standard InChI is InChI=1S/C39H23ClN4O/c40-29-22-23-33-35(27-17-8-10-21-32(27)45-33)36(29)39-42-37(24-12-3-1-4-13-24)41-38(43-39)28-18-11-20-31-34(28)26-16-7-9-19-30(26)44(31)25-14-5-2-6-15-25/h1-23H. The first-order chi connectivity index (χ1) is 22.2. The molecule has 9 aromatic rings. The first kappa shape index (κ1) is 25.7. The van der Waals surface area contributed by atoms with E-state index < -0.39 is 0 Å². The summed E-state index contributed by atoms with van der Waals surface area (Å²) in [5.41, 5.74) is 7.32. The first-order valence-electron chi connectivity index (χ1n) is 14.7. The van der Waals surface area contributed by atoms with Crippen LogP contribution in [0.4, 0.5) is 0 Å². The van der Waals surface area contributed by atoms with E-state index >= 15 is 0 Å². The number of fused-ring (bicyclic) bond motifs is 6. The first-order valence-corrected chi connectivity index (χ1v) is 15.1. The van der Waals surface area contributed by atoms with Gasteiger partial charge in [-0.3, -0.25) is 0 Å². The lowest BCUT2D eigenvalue weighted by Crippen LogP contribution is -2.01. The molecule has 3 heterocycles. The van der Waals surface area contributed by atoms with E-state index in [0.717, 1.165) is 66.1 Å². The smallest absolute Gasteiger partial charge is 0.166 e. The Hall–Kier alpha value is -5.78. The van der Waals surface area contributed by atoms with Crippen molar-refractivity contribution in [3.8, 4) is 39.9 Å². The molecule has 0 amide bonds. The third-order valence-corrected chi connectivity index (χ3v) is 8.65. The molecule has 0 aliphatic carbocycles. The Labute approximate surface area is 263 Å². The molecule has 0 atom stereocenters. The predicted molar refractivity (Wildman–Crippen MR) is 183 cm³/mol. The van der Waals surface area contributed by atoms with Gasteiger partial charge in [0.2, 0.25) is 0 Å². The topological polar surface area (TPSA) is 56.7 Å². The number of aromatic nitrogens is 4. The molecule has 5 nitrogen and oxygen atoms in total. The fourth-order valence-electron chi connectivity index (χ4n) is 6.40. The van der Waals surface area contributed by atoms with Gasteiger partial charge in [0.1, 0.15) is 11.2 Å². The number of furan rings is 1. The van der Waals surface area contributed by atoms with Crippen LogP contribution in [0.15, 0.2) is 144 Å². The van der Waals surface area contributed by atoms with Crippen LogP contribution >= 0.6 is 11.6 Å². The maximum Gasteiger partial charge on any atom is 0.166 e. The highest BCUT2D eigenvalue weighted by Gasteiger charge is 2.22. The van der Waals surface area contributed by atoms with E-state index in [1.807, 2.05) is 72.8 Å². The highest BCUT2D eigenvalue weighted by Crippen LogP contribution is 2.42. The van der Waals surface area contributed by atoms with Crippen molar-refractivity contribution < 1.29 is 4.42 Å². The summed E-state index contributed by atoms with van der Waals surface area (Å²) in [6, 6.07) is 46.9. The van der Waals surface area contributed by atoms with Crippen molar-refractivity contribution in [1.29, 1.82) is 0 Å². The lowest BCUT2D eigenvalue weighted by atomic mass is 10.0. The second-order valence-corrected chi connectivity index (χ2v) is 11.4. The molecule has 3 aromatic heterocycles. The highest BCUT2D eigenvalue weighted by molar-refractivity contribution is 6.36. The second kappa shape index (κ2) is 10.2. The third kappa shape index (κ3) is 4.05. The van der Waals surface area contributed by atoms with Crippen molar-refractivity contribution >= 4 is 55.3 Å². The summed E-state index contributed by atoms with van der Waals surface area (Å²) < 4.78 is 8.51. The van der Waals surface area contributed by atoms with Crippen LogP contribution < -0.4 is 0 Å². The lowest BCUT2D eigenvalue weighted by molar-refractivity contribution is 0.669. The molecule has 0 saturated heterocycles. The normalized spacial score (nSPS) is 11.7. The molecule has 45 heavy (non-hydrogen) atoms. The Kier molecular flexibility index (Phi) is 5.80. The van der Waals surface area contributed by atoms with Crippen molar-refractivity contribution in [3.63, 3.8) is 0 Å². The van der Waals surface area contributed by atoms with Gasteiger partial charge in [-0.25, -0.2) is 15.0 Å². The Balaban J connectivity index is 1.38. The fourth-order valence-corrected chi connectivity index (χ4v) is 6.64. The molecule has 0 fully saturated rings. The molecule has 0 saturated carbocycles. The quantitative estimate of drug-likeness (QED) is 0.202. The van der Waals surface area contributed by atoms with Crippen LogP contribution in [0.25, 0.3) is 83.6 Å². The second-order valence-electron chi connectivity index (χ2n) is 11.0. The molecule has 6 heteroatoms. The summed E-state index contributed by atoms with van der Waals surface area (Å²) in [5.74, 6) is 1.63. The van der Waals surface area contributed by atoms with Crippen LogP contribution in [0.5, 0.6) is 0 Å². The lowest BCUT2D eigenvalue weighted by Gasteiger charge is -2.11. The zero-order chi connectivity index (χ0) is 29.9. The van der Waals surface area contributed by atoms with Gasteiger partial charge in [0.15, 0.2) is 17.5 Å². The van der Waals surface area contributed by atoms with Gasteiger partial charge in [-0.2, -0.15) is 0 Å². The van der Waals surface area contributed by atoms with Gasteiger partial charge in [0.25, 0.3) is 0 Å². The van der Waals surface area contributed by atoms with E-state index in [0.29, 0.717) is 22.5 Å². The summed E-state index contributed by atoms with van der Waals surface area (Å²) in [6.45, 7) is 0. The summed E-state index contributed by atoms with van der Waals surface area (Å²) in [6.07, 6.45) is 0. The minimum Gasteiger partial charge on any atom is -0.456 e. The van der Waals surface area contributed by atoms with Crippen LogP contribution in [0.1, 0.15) is 0 Å². The van der Waals surface area contributed by atoms with E-state index in [4.69, 9.17) is 31.0 Å². The molecule has 0 N–H and O–H groups in total. The van der Waals surface area contributed by atoms with Crippen molar-refractivity contribution in [3.05, 3.63) is 145 Å². The zero-order valence-corrected chi connectivity index (χ0v) is 24.6. The number of benzene rings is 6. The molecule has 212 valence electrons. The van der Waals surface area contributed by atoms with Gasteiger partial charge in [0, 0.05) is 43.9 Å². The molecule has 0 aliphatic rings. The minimum atomic E-state index is 0.491. The maximum absolute atomic E-state index is 6.99. The number of halogens is 1. The zero-order valence-electron chi connectivity index (χ0n) is 23.9. The van der Waals surface area contributed by atoms with E-state index in [-0.39, 0.29) is 0 Å². The summed E-state index contributed by atoms with van der Waals surface area (Å²) in [7, 11) is 0. The molecule has 0 bridgehead atoms. The molecular formula is C39H23ClN4O. The van der Waals surface area contributed by atoms with Crippen molar-refractivity contribution in [1.82, 2.24) is 19.5 Å². The molecule has 6 aromatic carbocycles. The Morgan fingerprint density at radius 1 is 0.489 bits per heavy atom. The van der Waals surface area contributed by atoms with E-state index in [1.54, 1.807) is 0 Å². The average Bonchev–Trinajstić information content (AvgIpc) is 3.65. The van der Waals surface area contributed by atoms with Crippen molar-refractivity contribution in [2.75, 3.05) is 0 Å². The molecule has 0 unspecified atom stereocenters. The van der Waals surface area contributed by atoms with Crippen LogP contribution in [-0.2, 0) is 0 Å². The van der Waals surface area contributed by atoms with E-state index in [1.165, 1.54) is 0 Å². The predicted octanol–water partition coefficient (Wildman–Crippen LogP) is 10.5. The van der Waals surface area contributed by atoms with Crippen LogP contribution in [0.3, 0.4) is 0 Å². The maximum atomic E-state index is 6.99. The number of nitrogens with zero attached hydrogens (tertiary/aromatic N) is 4. The largest absolute Gasteiger partial charge is 0.456 e. The molecule has 0 spiro atoms. The molecule has 0 radical (unpaired) electrons. The number of hydrogen-bond acceptors (Lipinski definition) is 4. The monoisotopic (exact) mass is 598 g/mol. The van der Waals surface area contributed by atoms with Crippen LogP contribution in [-0.4, -0.2) is 19.5 Å². The SMILES string of the molecule is Clc1ccc2oc3ccccc3c2c1-c1nc(-c2ccccc2)nc(-c2cccc3c2c2ccccc2n3-c2ccccc2)n1. The summed E-state index contributed by atoms with van der Waals surface area (Å²) in [4.78, 5) is 15.3. The molecule has 9 rings (SSSR count). The van der Waals surface area contributed by atoms with Gasteiger partial charge in [0.05, 0.1) is 16.1 Å². The number of para-hydroxylation sites is 3.